The molecule has 6 heterocycles. The number of rotatable bonds is 18. The minimum atomic E-state index is -0.436. The smallest absolute Gasteiger partial charge is 0.338 e. The molecule has 0 saturated heterocycles. The van der Waals surface area contributed by atoms with Gasteiger partial charge in [0.1, 0.15) is 23.1 Å². The van der Waals surface area contributed by atoms with Crippen LogP contribution in [0.5, 0.6) is 11.5 Å². The maximum atomic E-state index is 13.4. The van der Waals surface area contributed by atoms with Crippen LogP contribution in [-0.4, -0.2) is 72.7 Å². The van der Waals surface area contributed by atoms with Crippen LogP contribution >= 0.6 is 23.1 Å². The van der Waals surface area contributed by atoms with Gasteiger partial charge in [-0.05, 0) is 107 Å². The van der Waals surface area contributed by atoms with Gasteiger partial charge in [-0.1, -0.05) is 90.1 Å². The number of hydrogen-bond acceptors (Lipinski definition) is 14. The highest BCUT2D eigenvalue weighted by molar-refractivity contribution is 7.03. The van der Waals surface area contributed by atoms with Gasteiger partial charge in [0.2, 0.25) is 0 Å². The highest BCUT2D eigenvalue weighted by atomic mass is 32.1. The van der Waals surface area contributed by atoms with Gasteiger partial charge in [-0.15, -0.1) is 0 Å². The Morgan fingerprint density at radius 3 is 1.41 bits per heavy atom. The first-order chi connectivity index (χ1) is 42.3. The van der Waals surface area contributed by atoms with Crippen molar-refractivity contribution in [2.75, 3.05) is 34.5 Å². The number of ether oxygens (including phenoxy) is 2. The van der Waals surface area contributed by atoms with Crippen LogP contribution in [0.2, 0.25) is 0 Å². The van der Waals surface area contributed by atoms with Gasteiger partial charge in [0.25, 0.3) is 0 Å². The summed E-state index contributed by atoms with van der Waals surface area (Å²) in [7, 11) is 0. The number of hydrogen-bond donors (Lipinski definition) is 6. The standard InChI is InChI=1S/C34H33N7O4S.C30H31N7O4S/c1-34(2,3)29-20-30(41(39-29)24-10-8-23(9-11-24)21-40-32(43)38-33(44)46-40)37-31(42)36-27-12-13-28(26-7-5-4-6-25(26)27)45-19-16-22-14-17-35-18-15-22;1-30(2,3)25-18-26(37(35-25)23-8-4-21(5-9-23)19-36-28(39)34-29(40)42-36)33-27(38)32-22-6-10-24(11-7-22)41-17-14-20-12-15-31-16-13-20/h4-15,17-18,20H,16,19,21H2,1-3H3,(H2,36,37,42)(H,38,43,44);4-13,15-16,18H,14,17,19H2,1-3H3,(H2,32,33,38)(H,34,39,40). The third-order valence-corrected chi connectivity index (χ3v) is 15.3. The van der Waals surface area contributed by atoms with Crippen molar-refractivity contribution in [3.63, 3.8) is 0 Å². The number of nitrogens with zero attached hydrogens (tertiary/aromatic N) is 8. The van der Waals surface area contributed by atoms with E-state index in [1.807, 2.05) is 154 Å². The number of benzene rings is 5. The minimum Gasteiger partial charge on any atom is -0.493 e. The SMILES string of the molecule is CC(C)(C)c1cc(NC(=O)Nc2ccc(OCCc3ccncc3)c3ccccc23)n(-c2ccc(Cn3sc(=O)[nH]c3=O)cc2)n1.CC(C)(C)c1cc(NC(=O)Nc2ccc(OCCc3ccncc3)cc2)n(-c2ccc(Cn3sc(=O)[nH]c3=O)cc2)n1. The molecule has 24 heteroatoms. The highest BCUT2D eigenvalue weighted by Crippen LogP contribution is 2.33. The summed E-state index contributed by atoms with van der Waals surface area (Å²) in [5.41, 5.74) is 6.90. The van der Waals surface area contributed by atoms with E-state index in [0.29, 0.717) is 42.0 Å². The van der Waals surface area contributed by atoms with Crippen molar-refractivity contribution in [3.8, 4) is 22.9 Å². The quantitative estimate of drug-likeness (QED) is 0.0468. The van der Waals surface area contributed by atoms with Gasteiger partial charge in [0.05, 0.1) is 54.8 Å². The molecule has 11 aromatic rings. The fourth-order valence-electron chi connectivity index (χ4n) is 9.07. The fourth-order valence-corrected chi connectivity index (χ4v) is 10.4. The van der Waals surface area contributed by atoms with Crippen molar-refractivity contribution >= 4 is 68.9 Å². The Morgan fingerprint density at radius 1 is 0.500 bits per heavy atom. The summed E-state index contributed by atoms with van der Waals surface area (Å²) >= 11 is 1.68. The summed E-state index contributed by atoms with van der Waals surface area (Å²) in [5.74, 6) is 2.45. The third-order valence-electron chi connectivity index (χ3n) is 13.8. The molecule has 22 nitrogen and oxygen atoms in total. The lowest BCUT2D eigenvalue weighted by atomic mass is 9.92. The van der Waals surface area contributed by atoms with E-state index in [2.05, 4.69) is 62.0 Å². The molecular weight excluding hydrogens is 1160 g/mol. The number of urea groups is 2. The summed E-state index contributed by atoms with van der Waals surface area (Å²) in [5, 5.41) is 23.1. The van der Waals surface area contributed by atoms with Gasteiger partial charge in [0.15, 0.2) is 0 Å². The molecule has 11 rings (SSSR count). The second kappa shape index (κ2) is 26.9. The van der Waals surface area contributed by atoms with E-state index in [1.54, 1.807) is 46.3 Å². The number of aromatic amines is 2. The molecule has 88 heavy (non-hydrogen) atoms. The molecule has 4 amide bonds. The normalized spacial score (nSPS) is 11.4. The predicted octanol–water partition coefficient (Wildman–Crippen LogP) is 10.7. The molecule has 0 aliphatic carbocycles. The van der Waals surface area contributed by atoms with Crippen LogP contribution < -0.4 is 51.9 Å². The number of carbonyl (C=O) groups excluding carboxylic acids is 2. The van der Waals surface area contributed by atoms with E-state index < -0.39 is 33.2 Å². The monoisotopic (exact) mass is 1220 g/mol. The van der Waals surface area contributed by atoms with Crippen molar-refractivity contribution in [2.24, 2.45) is 0 Å². The average molecular weight is 1220 g/mol. The van der Waals surface area contributed by atoms with Crippen molar-refractivity contribution in [1.29, 1.82) is 0 Å². The van der Waals surface area contributed by atoms with Crippen molar-refractivity contribution in [1.82, 2.24) is 47.4 Å². The molecule has 0 bridgehead atoms. The largest absolute Gasteiger partial charge is 0.493 e. The number of fused-ring (bicyclic) bond motifs is 1. The lowest BCUT2D eigenvalue weighted by molar-refractivity contribution is 0.261. The predicted molar refractivity (Wildman–Crippen MR) is 344 cm³/mol. The molecule has 0 radical (unpaired) electrons. The molecular formula is C64H64N14O8S2. The summed E-state index contributed by atoms with van der Waals surface area (Å²) in [6.07, 6.45) is 8.58. The highest BCUT2D eigenvalue weighted by Gasteiger charge is 2.24. The minimum absolute atomic E-state index is 0.252. The lowest BCUT2D eigenvalue weighted by Gasteiger charge is -2.14. The van der Waals surface area contributed by atoms with Crippen LogP contribution in [0.1, 0.15) is 75.2 Å². The molecule has 5 aromatic carbocycles. The third kappa shape index (κ3) is 15.7. The van der Waals surface area contributed by atoms with Crippen molar-refractivity contribution < 1.29 is 19.1 Å². The van der Waals surface area contributed by atoms with Crippen LogP contribution in [0.15, 0.2) is 190 Å². The van der Waals surface area contributed by atoms with Gasteiger partial charge in [-0.2, -0.15) is 10.2 Å². The number of amides is 4. The Bertz CT molecular complexity index is 4440. The number of anilines is 4. The van der Waals surface area contributed by atoms with E-state index in [-0.39, 0.29) is 23.9 Å². The van der Waals surface area contributed by atoms with Gasteiger partial charge in [-0.25, -0.2) is 36.5 Å². The van der Waals surface area contributed by atoms with E-state index in [1.165, 1.54) is 7.91 Å². The number of nitrogens with one attached hydrogen (secondary N) is 6. The maximum Gasteiger partial charge on any atom is 0.338 e. The number of carbonyl (C=O) groups is 2. The second-order valence-corrected chi connectivity index (χ2v) is 24.4. The first-order valence-corrected chi connectivity index (χ1v) is 29.6. The van der Waals surface area contributed by atoms with E-state index >= 15 is 0 Å². The molecule has 6 aromatic heterocycles. The van der Waals surface area contributed by atoms with Gasteiger partial charge in [-0.3, -0.25) is 40.2 Å². The van der Waals surface area contributed by atoms with Crippen LogP contribution in [-0.2, 0) is 36.8 Å². The molecule has 0 aliphatic heterocycles. The average Bonchev–Trinajstić information content (AvgIpc) is 3.55. The zero-order valence-corrected chi connectivity index (χ0v) is 50.7. The number of H-pyrrole nitrogens is 2. The number of aromatic nitrogens is 10. The summed E-state index contributed by atoms with van der Waals surface area (Å²) in [4.78, 5) is 84.9. The molecule has 0 fully saturated rings. The Hall–Kier alpha value is -10.5. The van der Waals surface area contributed by atoms with Gasteiger partial charge >= 0.3 is 33.2 Å². The molecule has 6 N–H and O–H groups in total. The van der Waals surface area contributed by atoms with E-state index in [0.717, 1.165) is 97.4 Å². The maximum absolute atomic E-state index is 13.4. The van der Waals surface area contributed by atoms with Crippen LogP contribution in [0, 0.1) is 0 Å². The van der Waals surface area contributed by atoms with Crippen molar-refractivity contribution in [3.05, 3.63) is 244 Å². The van der Waals surface area contributed by atoms with Crippen LogP contribution in [0.25, 0.3) is 22.1 Å². The van der Waals surface area contributed by atoms with Crippen LogP contribution in [0.4, 0.5) is 32.6 Å². The van der Waals surface area contributed by atoms with E-state index in [9.17, 15) is 28.8 Å². The second-order valence-electron chi connectivity index (χ2n) is 22.4. The molecule has 0 atom stereocenters. The first-order valence-electron chi connectivity index (χ1n) is 28.1. The lowest BCUT2D eigenvalue weighted by Crippen LogP contribution is -2.21. The Kier molecular flexibility index (Phi) is 18.5. The van der Waals surface area contributed by atoms with Gasteiger partial charge < -0.3 is 20.1 Å². The molecule has 0 unspecified atom stereocenters. The Morgan fingerprint density at radius 2 is 0.955 bits per heavy atom. The van der Waals surface area contributed by atoms with E-state index in [4.69, 9.17) is 19.7 Å². The Balaban J connectivity index is 0.000000195. The van der Waals surface area contributed by atoms with Gasteiger partial charge in [0, 0.05) is 100 Å². The summed E-state index contributed by atoms with van der Waals surface area (Å²) in [6, 6.07) is 44.3. The summed E-state index contributed by atoms with van der Waals surface area (Å²) in [6.45, 7) is 13.9. The van der Waals surface area contributed by atoms with Crippen molar-refractivity contribution in [2.45, 2.75) is 78.3 Å². The fraction of sp³-hybridized carbons (Fsp3) is 0.219. The Labute approximate surface area is 512 Å². The number of pyridine rings is 2. The first kappa shape index (κ1) is 60.7. The molecule has 0 aliphatic rings. The molecule has 450 valence electrons. The topological polar surface area (TPSA) is 272 Å². The summed E-state index contributed by atoms with van der Waals surface area (Å²) < 4.78 is 18.0. The molecule has 0 spiro atoms. The van der Waals surface area contributed by atoms with Crippen LogP contribution in [0.3, 0.4) is 0 Å². The zero-order valence-electron chi connectivity index (χ0n) is 49.1. The zero-order chi connectivity index (χ0) is 62.0. The molecule has 0 saturated carbocycles.